The van der Waals surface area contributed by atoms with Gasteiger partial charge in [-0.2, -0.15) is 0 Å². The summed E-state index contributed by atoms with van der Waals surface area (Å²) in [6.45, 7) is 1.58. The van der Waals surface area contributed by atoms with Gasteiger partial charge in [-0.1, -0.05) is 12.0 Å². The van der Waals surface area contributed by atoms with Gasteiger partial charge in [-0.25, -0.2) is 0 Å². The van der Waals surface area contributed by atoms with E-state index < -0.39 is 18.2 Å². The van der Waals surface area contributed by atoms with Crippen molar-refractivity contribution in [3.8, 4) is 0 Å². The Kier molecular flexibility index (Phi) is 4.69. The van der Waals surface area contributed by atoms with E-state index in [4.69, 9.17) is 15.4 Å². The van der Waals surface area contributed by atoms with Crippen molar-refractivity contribution in [1.29, 1.82) is 0 Å². The first kappa shape index (κ1) is 12.6. The quantitative estimate of drug-likeness (QED) is 0.426. The molecule has 0 aromatic carbocycles. The van der Waals surface area contributed by atoms with Gasteiger partial charge in [-0.05, 0) is 11.8 Å². The predicted molar refractivity (Wildman–Crippen MR) is 57.4 cm³/mol. The summed E-state index contributed by atoms with van der Waals surface area (Å²) >= 11 is 1.48. The molecule has 6 nitrogen and oxygen atoms in total. The Bertz CT molecular complexity index is 244. The van der Waals surface area contributed by atoms with Gasteiger partial charge >= 0.3 is 0 Å². The molecule has 15 heavy (non-hydrogen) atoms. The number of rotatable bonds is 3. The van der Waals surface area contributed by atoms with E-state index in [0.717, 1.165) is 0 Å². The van der Waals surface area contributed by atoms with Gasteiger partial charge in [0.25, 0.3) is 0 Å². The molecule has 2 unspecified atom stereocenters. The van der Waals surface area contributed by atoms with Crippen LogP contribution in [-0.4, -0.2) is 46.8 Å². The van der Waals surface area contributed by atoms with Crippen molar-refractivity contribution in [1.82, 2.24) is 0 Å². The number of aliphatic hydroxyl groups is 2. The zero-order valence-electron chi connectivity index (χ0n) is 8.65. The van der Waals surface area contributed by atoms with Gasteiger partial charge in [0.15, 0.2) is 0 Å². The minimum absolute atomic E-state index is 0.0753. The van der Waals surface area contributed by atoms with E-state index in [1.54, 1.807) is 0 Å². The van der Waals surface area contributed by atoms with E-state index in [0.29, 0.717) is 0 Å². The lowest BCUT2D eigenvalue weighted by molar-refractivity contribution is -0.135. The SMILES string of the molecule is CS[C@@H]1OC(CO)[C@H](O)[C@H](N=[N+]=[N-])C1C. The summed E-state index contributed by atoms with van der Waals surface area (Å²) in [5.74, 6) is -0.0753. The number of nitrogens with zero attached hydrogens (tertiary/aromatic N) is 3. The molecule has 1 heterocycles. The van der Waals surface area contributed by atoms with Crippen molar-refractivity contribution in [3.05, 3.63) is 10.4 Å². The largest absolute Gasteiger partial charge is 0.394 e. The first-order valence-corrected chi connectivity index (χ1v) is 5.95. The van der Waals surface area contributed by atoms with Gasteiger partial charge in [-0.3, -0.25) is 0 Å². The Labute approximate surface area is 92.2 Å². The van der Waals surface area contributed by atoms with Gasteiger partial charge in [0.1, 0.15) is 11.5 Å². The summed E-state index contributed by atoms with van der Waals surface area (Å²) in [4.78, 5) is 2.72. The van der Waals surface area contributed by atoms with Crippen LogP contribution in [0.15, 0.2) is 5.11 Å². The number of ether oxygens (including phenoxy) is 1. The third kappa shape index (κ3) is 2.56. The maximum absolute atomic E-state index is 9.78. The second-order valence-electron chi connectivity index (χ2n) is 3.51. The van der Waals surface area contributed by atoms with Crippen molar-refractivity contribution < 1.29 is 14.9 Å². The van der Waals surface area contributed by atoms with Crippen molar-refractivity contribution in [2.45, 2.75) is 30.6 Å². The molecule has 0 amide bonds. The molecule has 0 spiro atoms. The molecule has 0 aliphatic carbocycles. The Morgan fingerprint density at radius 3 is 2.73 bits per heavy atom. The second-order valence-corrected chi connectivity index (χ2v) is 4.44. The lowest BCUT2D eigenvalue weighted by atomic mass is 9.92. The maximum Gasteiger partial charge on any atom is 0.108 e. The van der Waals surface area contributed by atoms with E-state index in [1.807, 2.05) is 13.2 Å². The Balaban J connectivity index is 2.85. The third-order valence-corrected chi connectivity index (χ3v) is 3.61. The minimum atomic E-state index is -0.940. The van der Waals surface area contributed by atoms with Gasteiger partial charge in [-0.15, -0.1) is 11.8 Å². The number of thioether (sulfide) groups is 1. The highest BCUT2D eigenvalue weighted by molar-refractivity contribution is 7.99. The van der Waals surface area contributed by atoms with E-state index >= 15 is 0 Å². The molecule has 86 valence electrons. The third-order valence-electron chi connectivity index (χ3n) is 2.60. The van der Waals surface area contributed by atoms with Crippen LogP contribution >= 0.6 is 11.8 Å². The summed E-state index contributed by atoms with van der Waals surface area (Å²) in [5, 5.41) is 22.4. The standard InChI is InChI=1S/C8H15N3O3S/c1-4-6(10-11-9)7(13)5(3-12)14-8(4)15-2/h4-8,12-13H,3H2,1-2H3/t4?,5?,6-,7+,8+/m1/s1. The van der Waals surface area contributed by atoms with Crippen molar-refractivity contribution >= 4 is 11.8 Å². The molecular weight excluding hydrogens is 218 g/mol. The fourth-order valence-electron chi connectivity index (χ4n) is 1.72. The molecule has 2 N–H and O–H groups in total. The van der Waals surface area contributed by atoms with Crippen LogP contribution in [0.2, 0.25) is 0 Å². The smallest absolute Gasteiger partial charge is 0.108 e. The fourth-order valence-corrected chi connectivity index (χ4v) is 2.57. The molecule has 1 saturated heterocycles. The van der Waals surface area contributed by atoms with Crippen LogP contribution in [-0.2, 0) is 4.74 Å². The van der Waals surface area contributed by atoms with Gasteiger partial charge in [0.2, 0.25) is 0 Å². The van der Waals surface area contributed by atoms with Crippen molar-refractivity contribution in [2.75, 3.05) is 12.9 Å². The van der Waals surface area contributed by atoms with E-state index in [9.17, 15) is 5.11 Å². The maximum atomic E-state index is 9.78. The van der Waals surface area contributed by atoms with Crippen LogP contribution in [0.25, 0.3) is 10.4 Å². The van der Waals surface area contributed by atoms with E-state index in [2.05, 4.69) is 10.0 Å². The van der Waals surface area contributed by atoms with Crippen molar-refractivity contribution in [3.63, 3.8) is 0 Å². The first-order chi connectivity index (χ1) is 7.15. The number of hydrogen-bond acceptors (Lipinski definition) is 5. The minimum Gasteiger partial charge on any atom is -0.394 e. The van der Waals surface area contributed by atoms with Crippen LogP contribution < -0.4 is 0 Å². The lowest BCUT2D eigenvalue weighted by Gasteiger charge is -2.40. The number of aliphatic hydroxyl groups excluding tert-OH is 2. The molecule has 0 saturated carbocycles. The van der Waals surface area contributed by atoms with Crippen LogP contribution in [0.4, 0.5) is 0 Å². The van der Waals surface area contributed by atoms with Crippen LogP contribution in [0, 0.1) is 5.92 Å². The van der Waals surface area contributed by atoms with Gasteiger partial charge in [0.05, 0.1) is 18.8 Å². The lowest BCUT2D eigenvalue weighted by Crippen LogP contribution is -2.52. The average molecular weight is 233 g/mol. The molecule has 0 aromatic heterocycles. The molecular formula is C8H15N3O3S. The molecule has 1 aliphatic heterocycles. The van der Waals surface area contributed by atoms with E-state index in [1.165, 1.54) is 11.8 Å². The summed E-state index contributed by atoms with van der Waals surface area (Å²) in [6, 6.07) is -0.543. The van der Waals surface area contributed by atoms with Gasteiger partial charge < -0.3 is 14.9 Å². The molecule has 1 aliphatic rings. The first-order valence-electron chi connectivity index (χ1n) is 4.67. The predicted octanol–water partition coefficient (Wildman–Crippen LogP) is 0.742. The van der Waals surface area contributed by atoms with Crippen LogP contribution in [0.5, 0.6) is 0 Å². The number of azide groups is 1. The molecule has 0 aromatic rings. The Morgan fingerprint density at radius 1 is 1.60 bits per heavy atom. The Hall–Kier alpha value is -0.460. The summed E-state index contributed by atoms with van der Waals surface area (Å²) < 4.78 is 5.47. The summed E-state index contributed by atoms with van der Waals surface area (Å²) in [7, 11) is 0. The van der Waals surface area contributed by atoms with Crippen LogP contribution in [0.3, 0.4) is 0 Å². The van der Waals surface area contributed by atoms with Gasteiger partial charge in [0, 0.05) is 10.8 Å². The molecule has 7 heteroatoms. The monoisotopic (exact) mass is 233 g/mol. The Morgan fingerprint density at radius 2 is 2.27 bits per heavy atom. The summed E-state index contributed by atoms with van der Waals surface area (Å²) in [6.07, 6.45) is 0.263. The molecule has 1 rings (SSSR count). The highest BCUT2D eigenvalue weighted by Gasteiger charge is 2.41. The molecule has 0 radical (unpaired) electrons. The second kappa shape index (κ2) is 5.58. The molecule has 0 bridgehead atoms. The van der Waals surface area contributed by atoms with E-state index in [-0.39, 0.29) is 18.0 Å². The fraction of sp³-hybridized carbons (Fsp3) is 1.00. The average Bonchev–Trinajstić information content (AvgIpc) is 2.25. The zero-order chi connectivity index (χ0) is 11.4. The van der Waals surface area contributed by atoms with Crippen LogP contribution in [0.1, 0.15) is 6.92 Å². The highest BCUT2D eigenvalue weighted by atomic mass is 32.2. The van der Waals surface area contributed by atoms with Crippen molar-refractivity contribution in [2.24, 2.45) is 11.0 Å². The highest BCUT2D eigenvalue weighted by Crippen LogP contribution is 2.33. The zero-order valence-corrected chi connectivity index (χ0v) is 9.46. The molecule has 5 atom stereocenters. The summed E-state index contributed by atoms with van der Waals surface area (Å²) in [5.41, 5.74) is 8.24. The number of hydrogen-bond donors (Lipinski definition) is 2. The topological polar surface area (TPSA) is 98.5 Å². The normalized spacial score (nSPS) is 40.9. The molecule has 1 fully saturated rings.